The van der Waals surface area contributed by atoms with Gasteiger partial charge >= 0.3 is 0 Å². The van der Waals surface area contributed by atoms with Crippen LogP contribution in [0.4, 0.5) is 0 Å². The monoisotopic (exact) mass is 488 g/mol. The predicted molar refractivity (Wildman–Crippen MR) is 125 cm³/mol. The average Bonchev–Trinajstić information content (AvgIpc) is 2.67. The van der Waals surface area contributed by atoms with Gasteiger partial charge in [0.05, 0.1) is 6.10 Å². The molecule has 2 unspecified atom stereocenters. The molecule has 0 saturated carbocycles. The van der Waals surface area contributed by atoms with E-state index >= 15 is 0 Å². The van der Waals surface area contributed by atoms with Crippen molar-refractivity contribution in [2.45, 2.75) is 45.6 Å². The van der Waals surface area contributed by atoms with Gasteiger partial charge in [0.2, 0.25) is 0 Å². The van der Waals surface area contributed by atoms with Crippen molar-refractivity contribution in [3.8, 4) is 0 Å². The zero-order chi connectivity index (χ0) is 18.6. The highest BCUT2D eigenvalue weighted by molar-refractivity contribution is 14.0. The summed E-state index contributed by atoms with van der Waals surface area (Å²) in [7, 11) is 0. The highest BCUT2D eigenvalue weighted by Gasteiger charge is 2.13. The van der Waals surface area contributed by atoms with Crippen LogP contribution in [0, 0.1) is 5.92 Å². The summed E-state index contributed by atoms with van der Waals surface area (Å²) >= 11 is 0. The molecule has 2 rings (SSSR count). The Hall–Kier alpha value is -0.860. The van der Waals surface area contributed by atoms with Crippen LogP contribution < -0.4 is 10.6 Å². The minimum Gasteiger partial charge on any atom is -0.388 e. The number of guanidine groups is 1. The van der Waals surface area contributed by atoms with Crippen LogP contribution in [0.15, 0.2) is 35.3 Å². The second-order valence-corrected chi connectivity index (χ2v) is 7.33. The molecule has 1 aromatic rings. The van der Waals surface area contributed by atoms with Gasteiger partial charge in [-0.3, -0.25) is 4.99 Å². The number of benzene rings is 1. The maximum Gasteiger partial charge on any atom is 0.191 e. The van der Waals surface area contributed by atoms with Crippen molar-refractivity contribution in [1.82, 2.24) is 15.5 Å². The number of likely N-dealkylation sites (tertiary alicyclic amines) is 1. The summed E-state index contributed by atoms with van der Waals surface area (Å²) in [5.74, 6) is 1.40. The van der Waals surface area contributed by atoms with Gasteiger partial charge in [0.15, 0.2) is 5.96 Å². The Bertz CT molecular complexity index is 520. The fourth-order valence-corrected chi connectivity index (χ4v) is 3.40. The Kier molecular flexibility index (Phi) is 12.7. The molecule has 154 valence electrons. The van der Waals surface area contributed by atoms with Crippen molar-refractivity contribution in [2.24, 2.45) is 10.9 Å². The lowest BCUT2D eigenvalue weighted by Gasteiger charge is -2.28. The normalized spacial score (nSPS) is 17.7. The number of hydrogen-bond acceptors (Lipinski definition) is 3. The molecule has 1 heterocycles. The third kappa shape index (κ3) is 9.76. The summed E-state index contributed by atoms with van der Waals surface area (Å²) in [6.45, 7) is 10.3. The summed E-state index contributed by atoms with van der Waals surface area (Å²) < 4.78 is 0. The van der Waals surface area contributed by atoms with E-state index in [-0.39, 0.29) is 24.0 Å². The van der Waals surface area contributed by atoms with Crippen LogP contribution in [0.3, 0.4) is 0 Å². The van der Waals surface area contributed by atoms with Crippen LogP contribution in [0.25, 0.3) is 0 Å². The van der Waals surface area contributed by atoms with E-state index in [0.29, 0.717) is 18.9 Å². The van der Waals surface area contributed by atoms with Crippen LogP contribution in [0.1, 0.15) is 51.2 Å². The molecular formula is C21H37IN4O. The first-order valence-corrected chi connectivity index (χ1v) is 10.2. The molecular weight excluding hydrogens is 451 g/mol. The summed E-state index contributed by atoms with van der Waals surface area (Å²) in [5.41, 5.74) is 0.964. The molecule has 3 N–H and O–H groups in total. The molecule has 1 fully saturated rings. The maximum atomic E-state index is 10.3. The van der Waals surface area contributed by atoms with Crippen molar-refractivity contribution in [2.75, 3.05) is 39.3 Å². The lowest BCUT2D eigenvalue weighted by Crippen LogP contribution is -2.39. The van der Waals surface area contributed by atoms with Gasteiger partial charge in [-0.15, -0.1) is 24.0 Å². The molecule has 1 aromatic carbocycles. The van der Waals surface area contributed by atoms with Gasteiger partial charge in [0.25, 0.3) is 0 Å². The third-order valence-electron chi connectivity index (χ3n) is 4.82. The lowest BCUT2D eigenvalue weighted by molar-refractivity contribution is 0.168. The lowest BCUT2D eigenvalue weighted by atomic mass is 10.1. The highest BCUT2D eigenvalue weighted by Crippen LogP contribution is 2.15. The number of nitrogens with one attached hydrogen (secondary N) is 2. The van der Waals surface area contributed by atoms with E-state index in [1.165, 1.54) is 32.4 Å². The van der Waals surface area contributed by atoms with E-state index in [2.05, 4.69) is 29.4 Å². The average molecular weight is 488 g/mol. The predicted octanol–water partition coefficient (Wildman–Crippen LogP) is 3.41. The zero-order valence-electron chi connectivity index (χ0n) is 16.9. The third-order valence-corrected chi connectivity index (χ3v) is 4.82. The van der Waals surface area contributed by atoms with E-state index in [9.17, 15) is 5.11 Å². The fourth-order valence-electron chi connectivity index (χ4n) is 3.40. The molecule has 27 heavy (non-hydrogen) atoms. The second-order valence-electron chi connectivity index (χ2n) is 7.33. The minimum absolute atomic E-state index is 0. The summed E-state index contributed by atoms with van der Waals surface area (Å²) in [6, 6.07) is 9.82. The molecule has 0 bridgehead atoms. The molecule has 0 spiro atoms. The van der Waals surface area contributed by atoms with Crippen molar-refractivity contribution in [3.63, 3.8) is 0 Å². The molecule has 0 aromatic heterocycles. The van der Waals surface area contributed by atoms with Crippen molar-refractivity contribution >= 4 is 29.9 Å². The van der Waals surface area contributed by atoms with Crippen LogP contribution in [0.2, 0.25) is 0 Å². The quantitative estimate of drug-likeness (QED) is 0.283. The van der Waals surface area contributed by atoms with Crippen molar-refractivity contribution < 1.29 is 5.11 Å². The van der Waals surface area contributed by atoms with Gasteiger partial charge < -0.3 is 20.6 Å². The molecule has 5 nitrogen and oxygen atoms in total. The molecule has 6 heteroatoms. The number of aliphatic imine (C=N–C) groups is 1. The highest BCUT2D eigenvalue weighted by atomic mass is 127. The number of piperidine rings is 1. The molecule has 1 saturated heterocycles. The van der Waals surface area contributed by atoms with Crippen molar-refractivity contribution in [1.29, 1.82) is 0 Å². The Labute approximate surface area is 182 Å². The van der Waals surface area contributed by atoms with Crippen LogP contribution in [-0.2, 0) is 0 Å². The number of rotatable bonds is 9. The number of hydrogen-bond donors (Lipinski definition) is 3. The van der Waals surface area contributed by atoms with Crippen LogP contribution in [-0.4, -0.2) is 55.2 Å². The van der Waals surface area contributed by atoms with E-state index in [1.54, 1.807) is 0 Å². The topological polar surface area (TPSA) is 59.9 Å². The van der Waals surface area contributed by atoms with Gasteiger partial charge in [0, 0.05) is 26.2 Å². The number of halogens is 1. The smallest absolute Gasteiger partial charge is 0.191 e. The van der Waals surface area contributed by atoms with Gasteiger partial charge in [-0.25, -0.2) is 0 Å². The Balaban J connectivity index is 0.00000364. The minimum atomic E-state index is -0.440. The van der Waals surface area contributed by atoms with Gasteiger partial charge in [0.1, 0.15) is 0 Å². The van der Waals surface area contributed by atoms with Crippen LogP contribution >= 0.6 is 24.0 Å². The number of aliphatic hydroxyl groups excluding tert-OH is 1. The summed E-state index contributed by atoms with van der Waals surface area (Å²) in [5, 5.41) is 16.9. The number of aliphatic hydroxyl groups is 1. The standard InChI is InChI=1S/C21H36N4O.HI/c1-3-22-21(23-13-12-20(26)19-10-6-4-7-11-19)24-16-18(2)17-25-14-8-5-9-15-25;/h4,6-7,10-11,18,20,26H,3,5,8-9,12-17H2,1-2H3,(H2,22,23,24);1H. The Morgan fingerprint density at radius 3 is 2.52 bits per heavy atom. The zero-order valence-corrected chi connectivity index (χ0v) is 19.2. The molecule has 0 aliphatic carbocycles. The first-order chi connectivity index (χ1) is 12.7. The van der Waals surface area contributed by atoms with Gasteiger partial charge in [-0.2, -0.15) is 0 Å². The molecule has 2 atom stereocenters. The summed E-state index contributed by atoms with van der Waals surface area (Å²) in [4.78, 5) is 7.30. The first kappa shape index (κ1) is 24.2. The molecule has 1 aliphatic heterocycles. The fraction of sp³-hybridized carbons (Fsp3) is 0.667. The molecule has 0 radical (unpaired) electrons. The molecule has 0 amide bonds. The van der Waals surface area contributed by atoms with E-state index < -0.39 is 6.10 Å². The van der Waals surface area contributed by atoms with Crippen molar-refractivity contribution in [3.05, 3.63) is 35.9 Å². The summed E-state index contributed by atoms with van der Waals surface area (Å²) in [6.07, 6.45) is 4.28. The van der Waals surface area contributed by atoms with E-state index in [4.69, 9.17) is 4.99 Å². The van der Waals surface area contributed by atoms with Gasteiger partial charge in [-0.1, -0.05) is 43.7 Å². The number of nitrogens with zero attached hydrogens (tertiary/aromatic N) is 2. The maximum absolute atomic E-state index is 10.3. The largest absolute Gasteiger partial charge is 0.388 e. The SMILES string of the molecule is CCNC(=NCC(C)CN1CCCCC1)NCCC(O)c1ccccc1.I. The Morgan fingerprint density at radius 1 is 1.15 bits per heavy atom. The Morgan fingerprint density at radius 2 is 1.85 bits per heavy atom. The first-order valence-electron chi connectivity index (χ1n) is 10.2. The second kappa shape index (κ2) is 14.2. The van der Waals surface area contributed by atoms with Gasteiger partial charge in [-0.05, 0) is 50.8 Å². The van der Waals surface area contributed by atoms with E-state index in [0.717, 1.165) is 31.2 Å². The van der Waals surface area contributed by atoms with E-state index in [1.807, 2.05) is 30.3 Å². The molecule has 1 aliphatic rings. The van der Waals surface area contributed by atoms with Crippen LogP contribution in [0.5, 0.6) is 0 Å².